The van der Waals surface area contributed by atoms with E-state index in [1.807, 2.05) is 22.6 Å². The van der Waals surface area contributed by atoms with Crippen molar-refractivity contribution in [2.24, 2.45) is 0 Å². The van der Waals surface area contributed by atoms with Crippen LogP contribution in [0.15, 0.2) is 36.4 Å². The molecule has 0 saturated carbocycles. The first kappa shape index (κ1) is 15.6. The normalized spacial score (nSPS) is 10.2. The zero-order valence-corrected chi connectivity index (χ0v) is 13.3. The lowest BCUT2D eigenvalue weighted by Crippen LogP contribution is -2.03. The fourth-order valence-electron chi connectivity index (χ4n) is 1.77. The van der Waals surface area contributed by atoms with Gasteiger partial charge in [0, 0.05) is 0 Å². The molecule has 6 heteroatoms. The highest BCUT2D eigenvalue weighted by Gasteiger charge is 2.15. The largest absolute Gasteiger partial charge is 0.493 e. The van der Waals surface area contributed by atoms with E-state index in [9.17, 15) is 9.18 Å². The van der Waals surface area contributed by atoms with Crippen LogP contribution in [0.1, 0.15) is 15.9 Å². The SMILES string of the molecule is COc1cc(C(=O)O)cc(I)c1OCc1cccc(F)c1. The van der Waals surface area contributed by atoms with Gasteiger partial charge in [0.2, 0.25) is 0 Å². The van der Waals surface area contributed by atoms with Crippen LogP contribution in [0.5, 0.6) is 11.5 Å². The van der Waals surface area contributed by atoms with Crippen molar-refractivity contribution in [2.45, 2.75) is 6.61 Å². The van der Waals surface area contributed by atoms with Gasteiger partial charge in [-0.1, -0.05) is 12.1 Å². The summed E-state index contributed by atoms with van der Waals surface area (Å²) in [5.41, 5.74) is 0.796. The number of halogens is 2. The number of carbonyl (C=O) groups is 1. The van der Waals surface area contributed by atoms with Gasteiger partial charge >= 0.3 is 5.97 Å². The lowest BCUT2D eigenvalue weighted by molar-refractivity contribution is 0.0696. The molecule has 0 unspecified atom stereocenters. The van der Waals surface area contributed by atoms with Crippen LogP contribution in [0.2, 0.25) is 0 Å². The summed E-state index contributed by atoms with van der Waals surface area (Å²) in [6.07, 6.45) is 0. The predicted octanol–water partition coefficient (Wildman–Crippen LogP) is 3.72. The number of carboxylic acids is 1. The van der Waals surface area contributed by atoms with E-state index in [2.05, 4.69) is 0 Å². The first-order valence-electron chi connectivity index (χ1n) is 5.99. The molecular formula is C15H12FIO4. The summed E-state index contributed by atoms with van der Waals surface area (Å²) in [5, 5.41) is 9.02. The molecule has 2 aromatic carbocycles. The van der Waals surface area contributed by atoms with Gasteiger partial charge in [-0.2, -0.15) is 0 Å². The Bertz CT molecular complexity index is 673. The Kier molecular flexibility index (Phi) is 5.00. The molecule has 0 fully saturated rings. The van der Waals surface area contributed by atoms with Crippen molar-refractivity contribution in [3.8, 4) is 11.5 Å². The zero-order chi connectivity index (χ0) is 15.4. The molecule has 0 radical (unpaired) electrons. The summed E-state index contributed by atoms with van der Waals surface area (Å²) in [6.45, 7) is 0.163. The number of hydrogen-bond donors (Lipinski definition) is 1. The highest BCUT2D eigenvalue weighted by molar-refractivity contribution is 14.1. The number of carboxylic acid groups (broad SMARTS) is 1. The molecule has 0 saturated heterocycles. The molecule has 0 aromatic heterocycles. The summed E-state index contributed by atoms with van der Waals surface area (Å²) in [6, 6.07) is 8.97. The van der Waals surface area contributed by atoms with Gasteiger partial charge < -0.3 is 14.6 Å². The Hall–Kier alpha value is -1.83. The summed E-state index contributed by atoms with van der Waals surface area (Å²) < 4.78 is 24.5. The van der Waals surface area contributed by atoms with Gasteiger partial charge in [-0.25, -0.2) is 9.18 Å². The van der Waals surface area contributed by atoms with E-state index in [1.54, 1.807) is 12.1 Å². The number of methoxy groups -OCH3 is 1. The fraction of sp³-hybridized carbons (Fsp3) is 0.133. The van der Waals surface area contributed by atoms with E-state index in [4.69, 9.17) is 14.6 Å². The Morgan fingerprint density at radius 3 is 2.71 bits per heavy atom. The molecule has 0 spiro atoms. The maximum absolute atomic E-state index is 13.1. The third-order valence-corrected chi connectivity index (χ3v) is 3.55. The van der Waals surface area contributed by atoms with Crippen LogP contribution in [0.3, 0.4) is 0 Å². The molecule has 1 N–H and O–H groups in total. The quantitative estimate of drug-likeness (QED) is 0.775. The molecule has 2 rings (SSSR count). The molecule has 4 nitrogen and oxygen atoms in total. The van der Waals surface area contributed by atoms with E-state index >= 15 is 0 Å². The van der Waals surface area contributed by atoms with Crippen LogP contribution >= 0.6 is 22.6 Å². The van der Waals surface area contributed by atoms with Crippen molar-refractivity contribution < 1.29 is 23.8 Å². The lowest BCUT2D eigenvalue weighted by atomic mass is 10.2. The molecule has 0 heterocycles. The van der Waals surface area contributed by atoms with E-state index in [-0.39, 0.29) is 18.0 Å². The van der Waals surface area contributed by atoms with E-state index in [0.29, 0.717) is 20.6 Å². The molecule has 0 aliphatic heterocycles. The van der Waals surface area contributed by atoms with Gasteiger partial charge in [-0.3, -0.25) is 0 Å². The molecule has 2 aromatic rings. The second-order valence-corrected chi connectivity index (χ2v) is 5.38. The van der Waals surface area contributed by atoms with Gasteiger partial charge in [0.1, 0.15) is 12.4 Å². The standard InChI is InChI=1S/C15H12FIO4/c1-20-13-7-10(15(18)19)6-12(17)14(13)21-8-9-3-2-4-11(16)5-9/h2-7H,8H2,1H3,(H,18,19). The topological polar surface area (TPSA) is 55.8 Å². The minimum absolute atomic E-state index is 0.120. The molecule has 110 valence electrons. The van der Waals surface area contributed by atoms with Crippen LogP contribution < -0.4 is 9.47 Å². The molecule has 21 heavy (non-hydrogen) atoms. The van der Waals surface area contributed by atoms with Gasteiger partial charge in [0.25, 0.3) is 0 Å². The smallest absolute Gasteiger partial charge is 0.335 e. The molecule has 0 aliphatic rings. The minimum atomic E-state index is -1.04. The second-order valence-electron chi connectivity index (χ2n) is 4.21. The van der Waals surface area contributed by atoms with E-state index in [0.717, 1.165) is 0 Å². The van der Waals surface area contributed by atoms with E-state index < -0.39 is 5.97 Å². The van der Waals surface area contributed by atoms with Gasteiger partial charge in [0.05, 0.1) is 16.2 Å². The van der Waals surface area contributed by atoms with Gasteiger partial charge in [-0.05, 0) is 52.4 Å². The van der Waals surface area contributed by atoms with Crippen molar-refractivity contribution in [2.75, 3.05) is 7.11 Å². The number of aromatic carboxylic acids is 1. The Balaban J connectivity index is 2.25. The summed E-state index contributed by atoms with van der Waals surface area (Å²) in [4.78, 5) is 11.0. The average molecular weight is 402 g/mol. The fourth-order valence-corrected chi connectivity index (χ4v) is 2.52. The average Bonchev–Trinajstić information content (AvgIpc) is 2.45. The first-order valence-corrected chi connectivity index (χ1v) is 7.07. The van der Waals surface area contributed by atoms with Crippen LogP contribution in [0, 0.1) is 9.39 Å². The molecule has 0 aliphatic carbocycles. The monoisotopic (exact) mass is 402 g/mol. The number of ether oxygens (including phenoxy) is 2. The van der Waals surface area contributed by atoms with Gasteiger partial charge in [0.15, 0.2) is 11.5 Å². The molecule has 0 bridgehead atoms. The number of rotatable bonds is 5. The Morgan fingerprint density at radius 2 is 2.10 bits per heavy atom. The van der Waals surface area contributed by atoms with E-state index in [1.165, 1.54) is 31.4 Å². The molecular weight excluding hydrogens is 390 g/mol. The van der Waals surface area contributed by atoms with Crippen LogP contribution in [-0.2, 0) is 6.61 Å². The van der Waals surface area contributed by atoms with Crippen LogP contribution in [0.25, 0.3) is 0 Å². The summed E-state index contributed by atoms with van der Waals surface area (Å²) >= 11 is 1.98. The highest BCUT2D eigenvalue weighted by Crippen LogP contribution is 2.34. The second kappa shape index (κ2) is 6.75. The van der Waals surface area contributed by atoms with Crippen molar-refractivity contribution in [1.29, 1.82) is 0 Å². The third-order valence-electron chi connectivity index (χ3n) is 2.75. The van der Waals surface area contributed by atoms with Crippen molar-refractivity contribution in [3.63, 3.8) is 0 Å². The van der Waals surface area contributed by atoms with Crippen LogP contribution in [0.4, 0.5) is 4.39 Å². The third kappa shape index (κ3) is 3.84. The van der Waals surface area contributed by atoms with Crippen molar-refractivity contribution in [1.82, 2.24) is 0 Å². The zero-order valence-electron chi connectivity index (χ0n) is 11.1. The summed E-state index contributed by atoms with van der Waals surface area (Å²) in [7, 11) is 1.44. The predicted molar refractivity (Wildman–Crippen MR) is 83.4 cm³/mol. The minimum Gasteiger partial charge on any atom is -0.493 e. The highest BCUT2D eigenvalue weighted by atomic mass is 127. The molecule has 0 atom stereocenters. The van der Waals surface area contributed by atoms with Crippen molar-refractivity contribution in [3.05, 3.63) is 56.9 Å². The number of hydrogen-bond acceptors (Lipinski definition) is 3. The Labute approximate surface area is 134 Å². The molecule has 0 amide bonds. The van der Waals surface area contributed by atoms with Crippen LogP contribution in [-0.4, -0.2) is 18.2 Å². The number of benzene rings is 2. The Morgan fingerprint density at radius 1 is 1.33 bits per heavy atom. The maximum atomic E-state index is 13.1. The van der Waals surface area contributed by atoms with Crippen molar-refractivity contribution >= 4 is 28.6 Å². The maximum Gasteiger partial charge on any atom is 0.335 e. The first-order chi connectivity index (χ1) is 10.0. The summed E-state index contributed by atoms with van der Waals surface area (Å²) in [5.74, 6) is -0.607. The van der Waals surface area contributed by atoms with Gasteiger partial charge in [-0.15, -0.1) is 0 Å². The lowest BCUT2D eigenvalue weighted by Gasteiger charge is -2.13.